The number of methoxy groups -OCH3 is 1. The summed E-state index contributed by atoms with van der Waals surface area (Å²) in [5.41, 5.74) is 5.85. The lowest BCUT2D eigenvalue weighted by atomic mass is 9.95. The molecule has 5 heteroatoms. The van der Waals surface area contributed by atoms with Gasteiger partial charge in [-0.3, -0.25) is 4.79 Å². The SMILES string of the molecule is COC(=O)CC1CCSCC1N.Cl. The van der Waals surface area contributed by atoms with Crippen LogP contribution in [-0.2, 0) is 9.53 Å². The van der Waals surface area contributed by atoms with Gasteiger partial charge in [0.1, 0.15) is 0 Å². The topological polar surface area (TPSA) is 52.3 Å². The summed E-state index contributed by atoms with van der Waals surface area (Å²) in [6, 6.07) is 0.169. The van der Waals surface area contributed by atoms with E-state index in [0.29, 0.717) is 12.3 Å². The van der Waals surface area contributed by atoms with Gasteiger partial charge in [0.15, 0.2) is 0 Å². The molecule has 0 radical (unpaired) electrons. The Morgan fingerprint density at radius 1 is 1.69 bits per heavy atom. The van der Waals surface area contributed by atoms with E-state index in [2.05, 4.69) is 4.74 Å². The first-order valence-electron chi connectivity index (χ1n) is 4.14. The van der Waals surface area contributed by atoms with E-state index < -0.39 is 0 Å². The fraction of sp³-hybridized carbons (Fsp3) is 0.875. The highest BCUT2D eigenvalue weighted by atomic mass is 35.5. The minimum atomic E-state index is -0.137. The molecule has 0 saturated carbocycles. The summed E-state index contributed by atoms with van der Waals surface area (Å²) < 4.78 is 4.60. The van der Waals surface area contributed by atoms with Gasteiger partial charge in [-0.05, 0) is 18.1 Å². The molecular formula is C8H16ClNO2S. The molecule has 2 atom stereocenters. The monoisotopic (exact) mass is 225 g/mol. The van der Waals surface area contributed by atoms with E-state index in [9.17, 15) is 4.79 Å². The highest BCUT2D eigenvalue weighted by Gasteiger charge is 2.24. The van der Waals surface area contributed by atoms with E-state index >= 15 is 0 Å². The van der Waals surface area contributed by atoms with Gasteiger partial charge in [0.25, 0.3) is 0 Å². The van der Waals surface area contributed by atoms with E-state index in [-0.39, 0.29) is 24.4 Å². The molecule has 0 aromatic heterocycles. The average molecular weight is 226 g/mol. The highest BCUT2D eigenvalue weighted by molar-refractivity contribution is 7.99. The fourth-order valence-corrected chi connectivity index (χ4v) is 2.54. The minimum absolute atomic E-state index is 0. The van der Waals surface area contributed by atoms with Crippen LogP contribution in [0.4, 0.5) is 0 Å². The molecule has 1 rings (SSSR count). The van der Waals surface area contributed by atoms with Crippen LogP contribution in [0.1, 0.15) is 12.8 Å². The molecule has 1 saturated heterocycles. The lowest BCUT2D eigenvalue weighted by Gasteiger charge is -2.26. The van der Waals surface area contributed by atoms with Crippen molar-refractivity contribution in [3.63, 3.8) is 0 Å². The summed E-state index contributed by atoms with van der Waals surface area (Å²) in [4.78, 5) is 10.9. The number of hydrogen-bond acceptors (Lipinski definition) is 4. The van der Waals surface area contributed by atoms with Crippen LogP contribution in [0.15, 0.2) is 0 Å². The van der Waals surface area contributed by atoms with Crippen molar-refractivity contribution in [2.75, 3.05) is 18.6 Å². The highest BCUT2D eigenvalue weighted by Crippen LogP contribution is 2.24. The normalized spacial score (nSPS) is 27.5. The van der Waals surface area contributed by atoms with Crippen LogP contribution in [0.5, 0.6) is 0 Å². The maximum atomic E-state index is 10.9. The fourth-order valence-electron chi connectivity index (χ4n) is 1.36. The Morgan fingerprint density at radius 3 is 2.92 bits per heavy atom. The Bertz CT molecular complexity index is 168. The lowest BCUT2D eigenvalue weighted by molar-refractivity contribution is -0.141. The number of nitrogens with two attached hydrogens (primary N) is 1. The van der Waals surface area contributed by atoms with Gasteiger partial charge in [-0.15, -0.1) is 12.4 Å². The Labute approximate surface area is 89.2 Å². The number of rotatable bonds is 2. The molecule has 2 unspecified atom stereocenters. The van der Waals surface area contributed by atoms with Gasteiger partial charge < -0.3 is 10.5 Å². The zero-order chi connectivity index (χ0) is 8.97. The van der Waals surface area contributed by atoms with E-state index in [1.807, 2.05) is 11.8 Å². The van der Waals surface area contributed by atoms with Crippen LogP contribution in [0.3, 0.4) is 0 Å². The maximum Gasteiger partial charge on any atom is 0.305 e. The number of ether oxygens (including phenoxy) is 1. The van der Waals surface area contributed by atoms with Crippen molar-refractivity contribution in [2.45, 2.75) is 18.9 Å². The van der Waals surface area contributed by atoms with Gasteiger partial charge in [-0.25, -0.2) is 0 Å². The summed E-state index contributed by atoms with van der Waals surface area (Å²) in [6.07, 6.45) is 1.53. The Hall–Kier alpha value is 0.0700. The second-order valence-corrected chi connectivity index (χ2v) is 4.22. The molecule has 0 aliphatic carbocycles. The molecule has 3 nitrogen and oxygen atoms in total. The van der Waals surface area contributed by atoms with Crippen molar-refractivity contribution in [1.82, 2.24) is 0 Å². The molecule has 0 amide bonds. The lowest BCUT2D eigenvalue weighted by Crippen LogP contribution is -2.37. The van der Waals surface area contributed by atoms with Gasteiger partial charge in [0.05, 0.1) is 7.11 Å². The number of thioether (sulfide) groups is 1. The number of hydrogen-bond donors (Lipinski definition) is 1. The van der Waals surface area contributed by atoms with Crippen LogP contribution < -0.4 is 5.73 Å². The summed E-state index contributed by atoms with van der Waals surface area (Å²) in [5.74, 6) is 2.29. The molecule has 78 valence electrons. The zero-order valence-corrected chi connectivity index (χ0v) is 9.33. The smallest absolute Gasteiger partial charge is 0.305 e. The third kappa shape index (κ3) is 4.20. The van der Waals surface area contributed by atoms with Crippen LogP contribution in [0.25, 0.3) is 0 Å². The summed E-state index contributed by atoms with van der Waals surface area (Å²) in [6.45, 7) is 0. The Morgan fingerprint density at radius 2 is 2.38 bits per heavy atom. The molecule has 0 bridgehead atoms. The molecule has 2 N–H and O–H groups in total. The first-order chi connectivity index (χ1) is 5.74. The molecule has 1 aliphatic rings. The molecule has 1 aliphatic heterocycles. The third-order valence-electron chi connectivity index (χ3n) is 2.21. The van der Waals surface area contributed by atoms with Crippen LogP contribution in [0, 0.1) is 5.92 Å². The Kier molecular flexibility index (Phi) is 6.55. The summed E-state index contributed by atoms with van der Waals surface area (Å²) in [7, 11) is 1.42. The molecule has 1 heterocycles. The standard InChI is InChI=1S/C8H15NO2S.ClH/c1-11-8(10)4-6-2-3-12-5-7(6)9;/h6-7H,2-5,9H2,1H3;1H. The second kappa shape index (κ2) is 6.51. The third-order valence-corrected chi connectivity index (χ3v) is 3.35. The second-order valence-electron chi connectivity index (χ2n) is 3.07. The van der Waals surface area contributed by atoms with E-state index in [4.69, 9.17) is 5.73 Å². The molecule has 0 aromatic carbocycles. The van der Waals surface area contributed by atoms with Gasteiger partial charge in [-0.1, -0.05) is 0 Å². The minimum Gasteiger partial charge on any atom is -0.469 e. The number of halogens is 1. The van der Waals surface area contributed by atoms with Crippen molar-refractivity contribution in [2.24, 2.45) is 11.7 Å². The van der Waals surface area contributed by atoms with E-state index in [1.54, 1.807) is 0 Å². The summed E-state index contributed by atoms with van der Waals surface area (Å²) >= 11 is 1.86. The van der Waals surface area contributed by atoms with Gasteiger partial charge in [0, 0.05) is 18.2 Å². The quantitative estimate of drug-likeness (QED) is 0.714. The number of carbonyl (C=O) groups excluding carboxylic acids is 1. The predicted octanol–water partition coefficient (Wildman–Crippen LogP) is 1.05. The molecule has 0 aromatic rings. The van der Waals surface area contributed by atoms with Crippen molar-refractivity contribution in [3.8, 4) is 0 Å². The average Bonchev–Trinajstić information content (AvgIpc) is 2.09. The molecule has 13 heavy (non-hydrogen) atoms. The first-order valence-corrected chi connectivity index (χ1v) is 5.29. The molecule has 1 fully saturated rings. The number of carbonyl (C=O) groups is 1. The van der Waals surface area contributed by atoms with Crippen molar-refractivity contribution in [3.05, 3.63) is 0 Å². The zero-order valence-electron chi connectivity index (χ0n) is 7.69. The largest absolute Gasteiger partial charge is 0.469 e. The first kappa shape index (κ1) is 13.1. The van der Waals surface area contributed by atoms with Crippen molar-refractivity contribution >= 4 is 30.1 Å². The van der Waals surface area contributed by atoms with Crippen molar-refractivity contribution in [1.29, 1.82) is 0 Å². The molecule has 0 spiro atoms. The van der Waals surface area contributed by atoms with Gasteiger partial charge in [-0.2, -0.15) is 11.8 Å². The maximum absolute atomic E-state index is 10.9. The van der Waals surface area contributed by atoms with E-state index in [1.165, 1.54) is 7.11 Å². The molecular weight excluding hydrogens is 210 g/mol. The summed E-state index contributed by atoms with van der Waals surface area (Å²) in [5, 5.41) is 0. The number of esters is 1. The van der Waals surface area contributed by atoms with Gasteiger partial charge >= 0.3 is 5.97 Å². The van der Waals surface area contributed by atoms with Crippen molar-refractivity contribution < 1.29 is 9.53 Å². The van der Waals surface area contributed by atoms with Gasteiger partial charge in [0.2, 0.25) is 0 Å². The van der Waals surface area contributed by atoms with Crippen LogP contribution >= 0.6 is 24.2 Å². The Balaban J connectivity index is 0.00000144. The predicted molar refractivity (Wildman–Crippen MR) is 57.3 cm³/mol. The van der Waals surface area contributed by atoms with Crippen LogP contribution in [-0.4, -0.2) is 30.6 Å². The van der Waals surface area contributed by atoms with Crippen LogP contribution in [0.2, 0.25) is 0 Å². The van der Waals surface area contributed by atoms with E-state index in [0.717, 1.165) is 17.9 Å².